The van der Waals surface area contributed by atoms with Gasteiger partial charge in [-0.15, -0.1) is 0 Å². The van der Waals surface area contributed by atoms with E-state index in [1.54, 1.807) is 0 Å². The fourth-order valence-corrected chi connectivity index (χ4v) is 1.28. The minimum atomic E-state index is -2.17. The summed E-state index contributed by atoms with van der Waals surface area (Å²) in [5.74, 6) is 0. The van der Waals surface area contributed by atoms with Crippen LogP contribution in [0, 0.1) is 0 Å². The molecule has 0 rings (SSSR count). The molecular weight excluding hydrogens is 211 g/mol. The van der Waals surface area contributed by atoms with Gasteiger partial charge in [-0.3, -0.25) is 0 Å². The van der Waals surface area contributed by atoms with E-state index in [0.29, 0.717) is 6.42 Å². The van der Waals surface area contributed by atoms with Crippen LogP contribution < -0.4 is 0 Å². The Kier molecular flexibility index (Phi) is 16.9. The molecule has 5 nitrogen and oxygen atoms in total. The molecule has 0 radical (unpaired) electrons. The fraction of sp³-hybridized carbons (Fsp3) is 1.00. The number of hydrogen-bond acceptors (Lipinski definition) is 5. The van der Waals surface area contributed by atoms with Crippen molar-refractivity contribution in [3.63, 3.8) is 0 Å². The normalized spacial score (nSPS) is 9.94. The molecule has 98 valence electrons. The van der Waals surface area contributed by atoms with Gasteiger partial charge in [-0.05, 0) is 12.8 Å². The van der Waals surface area contributed by atoms with Crippen LogP contribution in [0.4, 0.5) is 0 Å². The summed E-state index contributed by atoms with van der Waals surface area (Å²) in [5, 5.41) is 38.6. The average molecular weight is 236 g/mol. The molecule has 0 saturated carbocycles. The van der Waals surface area contributed by atoms with E-state index in [9.17, 15) is 0 Å². The molecule has 0 bridgehead atoms. The lowest BCUT2D eigenvalue weighted by atomic mass is 10.1. The summed E-state index contributed by atoms with van der Waals surface area (Å²) in [7, 11) is -2.17. The molecule has 0 atom stereocenters. The fourth-order valence-electron chi connectivity index (χ4n) is 1.28. The Bertz CT molecular complexity index is 119. The average Bonchev–Trinajstić information content (AvgIpc) is 2.15. The summed E-state index contributed by atoms with van der Waals surface area (Å²) >= 11 is 0. The molecule has 0 amide bonds. The van der Waals surface area contributed by atoms with E-state index < -0.39 is 13.6 Å². The first-order valence-electron chi connectivity index (χ1n) is 5.91. The van der Waals surface area contributed by atoms with Gasteiger partial charge in [0, 0.05) is 0 Å². The van der Waals surface area contributed by atoms with Gasteiger partial charge in [0.25, 0.3) is 0 Å². The first kappa shape index (κ1) is 18.2. The van der Waals surface area contributed by atoms with Gasteiger partial charge in [-0.25, -0.2) is 0 Å². The summed E-state index contributed by atoms with van der Waals surface area (Å²) in [6.45, 7) is 2.21. The van der Waals surface area contributed by atoms with E-state index >= 15 is 0 Å². The van der Waals surface area contributed by atoms with Crippen molar-refractivity contribution in [1.82, 2.24) is 0 Å². The van der Waals surface area contributed by atoms with Crippen molar-refractivity contribution in [1.29, 1.82) is 0 Å². The predicted octanol–water partition coefficient (Wildman–Crippen LogP) is 0.386. The number of aliphatic hydroxyl groups is 2. The van der Waals surface area contributed by atoms with Gasteiger partial charge in [0.15, 0.2) is 6.29 Å². The lowest BCUT2D eigenvalue weighted by molar-refractivity contribution is -0.0466. The third-order valence-electron chi connectivity index (χ3n) is 2.07. The van der Waals surface area contributed by atoms with E-state index in [1.807, 2.05) is 0 Å². The van der Waals surface area contributed by atoms with Gasteiger partial charge in [0.2, 0.25) is 0 Å². The maximum Gasteiger partial charge on any atom is 0.631 e. The van der Waals surface area contributed by atoms with Crippen molar-refractivity contribution in [2.75, 3.05) is 0 Å². The first-order chi connectivity index (χ1) is 7.50. The summed E-state index contributed by atoms with van der Waals surface area (Å²) in [5.41, 5.74) is 0. The molecule has 0 aromatic heterocycles. The molecule has 0 saturated heterocycles. The van der Waals surface area contributed by atoms with Crippen LogP contribution in [0.5, 0.6) is 0 Å². The summed E-state index contributed by atoms with van der Waals surface area (Å²) < 4.78 is 0. The smallest absolute Gasteiger partial charge is 0.402 e. The topological polar surface area (TPSA) is 101 Å². The van der Waals surface area contributed by atoms with Crippen molar-refractivity contribution in [3.05, 3.63) is 0 Å². The third kappa shape index (κ3) is 29.2. The second-order valence-electron chi connectivity index (χ2n) is 3.74. The van der Waals surface area contributed by atoms with Crippen molar-refractivity contribution in [3.8, 4) is 0 Å². The van der Waals surface area contributed by atoms with Gasteiger partial charge >= 0.3 is 7.32 Å². The maximum atomic E-state index is 8.55. The van der Waals surface area contributed by atoms with Gasteiger partial charge in [0.05, 0.1) is 0 Å². The van der Waals surface area contributed by atoms with Crippen LogP contribution in [0.3, 0.4) is 0 Å². The predicted molar refractivity (Wildman–Crippen MR) is 63.2 cm³/mol. The molecule has 0 spiro atoms. The Morgan fingerprint density at radius 1 is 0.812 bits per heavy atom. The van der Waals surface area contributed by atoms with Gasteiger partial charge in [0.1, 0.15) is 0 Å². The highest BCUT2D eigenvalue weighted by molar-refractivity contribution is 6.30. The number of rotatable bonds is 8. The SMILES string of the molecule is CCCCCCCCCC(O)O.OB(O)O. The summed E-state index contributed by atoms with van der Waals surface area (Å²) in [4.78, 5) is 0. The molecule has 0 aliphatic heterocycles. The number of aliphatic hydroxyl groups excluding tert-OH is 1. The van der Waals surface area contributed by atoms with Gasteiger partial charge < -0.3 is 25.3 Å². The van der Waals surface area contributed by atoms with Gasteiger partial charge in [-0.1, -0.05) is 45.4 Å². The molecule has 16 heavy (non-hydrogen) atoms. The first-order valence-corrected chi connectivity index (χ1v) is 5.91. The van der Waals surface area contributed by atoms with Crippen LogP contribution in [0.25, 0.3) is 0 Å². The van der Waals surface area contributed by atoms with Crippen LogP contribution in [0.1, 0.15) is 58.3 Å². The third-order valence-corrected chi connectivity index (χ3v) is 2.07. The van der Waals surface area contributed by atoms with Crippen LogP contribution in [-0.4, -0.2) is 38.9 Å². The van der Waals surface area contributed by atoms with Crippen molar-refractivity contribution in [2.24, 2.45) is 0 Å². The highest BCUT2D eigenvalue weighted by atomic mass is 16.5. The second-order valence-corrected chi connectivity index (χ2v) is 3.74. The van der Waals surface area contributed by atoms with Crippen LogP contribution in [0.15, 0.2) is 0 Å². The Morgan fingerprint density at radius 3 is 1.56 bits per heavy atom. The van der Waals surface area contributed by atoms with E-state index in [2.05, 4.69) is 6.92 Å². The zero-order valence-electron chi connectivity index (χ0n) is 10.0. The van der Waals surface area contributed by atoms with Crippen molar-refractivity contribution in [2.45, 2.75) is 64.6 Å². The van der Waals surface area contributed by atoms with Crippen LogP contribution >= 0.6 is 0 Å². The molecule has 5 N–H and O–H groups in total. The van der Waals surface area contributed by atoms with Crippen LogP contribution in [-0.2, 0) is 0 Å². The van der Waals surface area contributed by atoms with E-state index in [4.69, 9.17) is 25.3 Å². The largest absolute Gasteiger partial charge is 0.631 e. The van der Waals surface area contributed by atoms with Crippen LogP contribution in [0.2, 0.25) is 0 Å². The standard InChI is InChI=1S/C10H22O2.BH3O3/c1-2-3-4-5-6-7-8-9-10(11)12;2-1(3)4/h10-12H,2-9H2,1H3;2-4H. The Hall–Kier alpha value is -0.135. The summed E-state index contributed by atoms with van der Waals surface area (Å²) in [6.07, 6.45) is 8.03. The lowest BCUT2D eigenvalue weighted by Gasteiger charge is -2.02. The molecular formula is C10H25BO5. The Morgan fingerprint density at radius 2 is 1.19 bits per heavy atom. The minimum Gasteiger partial charge on any atom is -0.402 e. The molecule has 0 fully saturated rings. The molecule has 0 heterocycles. The highest BCUT2D eigenvalue weighted by Crippen LogP contribution is 2.08. The molecule has 0 aromatic rings. The molecule has 6 heteroatoms. The second kappa shape index (κ2) is 14.9. The van der Waals surface area contributed by atoms with E-state index in [0.717, 1.165) is 12.8 Å². The Labute approximate surface area is 97.9 Å². The Balaban J connectivity index is 0. The lowest BCUT2D eigenvalue weighted by Crippen LogP contribution is -2.07. The van der Waals surface area contributed by atoms with E-state index in [1.165, 1.54) is 32.1 Å². The summed E-state index contributed by atoms with van der Waals surface area (Å²) in [6, 6.07) is 0. The molecule has 0 aliphatic rings. The molecule has 0 aromatic carbocycles. The zero-order valence-corrected chi connectivity index (χ0v) is 10.0. The highest BCUT2D eigenvalue weighted by Gasteiger charge is 1.96. The number of unbranched alkanes of at least 4 members (excludes halogenated alkanes) is 6. The number of hydrogen-bond donors (Lipinski definition) is 5. The quantitative estimate of drug-likeness (QED) is 0.238. The maximum absolute atomic E-state index is 8.55. The van der Waals surface area contributed by atoms with E-state index in [-0.39, 0.29) is 0 Å². The molecule has 0 unspecified atom stereocenters. The molecule has 0 aliphatic carbocycles. The van der Waals surface area contributed by atoms with Crippen molar-refractivity contribution >= 4 is 7.32 Å². The monoisotopic (exact) mass is 236 g/mol. The minimum absolute atomic E-state index is 0.535. The van der Waals surface area contributed by atoms with Gasteiger partial charge in [-0.2, -0.15) is 0 Å². The van der Waals surface area contributed by atoms with Crippen molar-refractivity contribution < 1.29 is 25.3 Å². The zero-order chi connectivity index (χ0) is 12.8.